The number of aryl methyl sites for hydroxylation is 1. The second-order valence-electron chi connectivity index (χ2n) is 4.93. The molecule has 0 spiro atoms. The maximum absolute atomic E-state index is 11.9. The lowest BCUT2D eigenvalue weighted by molar-refractivity contribution is 0.0940. The van der Waals surface area contributed by atoms with Crippen LogP contribution in [0.15, 0.2) is 30.3 Å². The van der Waals surface area contributed by atoms with E-state index in [1.165, 1.54) is 5.56 Å². The summed E-state index contributed by atoms with van der Waals surface area (Å²) in [5.41, 5.74) is 3.31. The monoisotopic (exact) mass is 273 g/mol. The summed E-state index contributed by atoms with van der Waals surface area (Å²) >= 11 is 0. The van der Waals surface area contributed by atoms with Crippen molar-refractivity contribution in [2.75, 3.05) is 6.54 Å². The smallest absolute Gasteiger partial charge is 0.269 e. The van der Waals surface area contributed by atoms with Gasteiger partial charge in [0, 0.05) is 12.1 Å². The molecule has 3 N–H and O–H groups in total. The third-order valence-corrected chi connectivity index (χ3v) is 3.02. The molecule has 1 amide bonds. The molecule has 0 aliphatic rings. The van der Waals surface area contributed by atoms with Crippen molar-refractivity contribution in [2.45, 2.75) is 26.4 Å². The van der Waals surface area contributed by atoms with E-state index in [1.807, 2.05) is 31.2 Å². The van der Waals surface area contributed by atoms with Crippen molar-refractivity contribution < 1.29 is 9.90 Å². The molecule has 20 heavy (non-hydrogen) atoms. The highest BCUT2D eigenvalue weighted by Gasteiger charge is 2.10. The van der Waals surface area contributed by atoms with Crippen LogP contribution in [0.1, 0.15) is 29.4 Å². The molecular weight excluding hydrogens is 254 g/mol. The van der Waals surface area contributed by atoms with Gasteiger partial charge in [0.15, 0.2) is 0 Å². The SMILES string of the molecule is Cc1ccc(-c2cc(C(=O)NCCC(C)O)[nH]n2)cc1. The lowest BCUT2D eigenvalue weighted by atomic mass is 10.1. The maximum atomic E-state index is 11.9. The molecule has 5 heteroatoms. The second-order valence-corrected chi connectivity index (χ2v) is 4.93. The van der Waals surface area contributed by atoms with E-state index in [-0.39, 0.29) is 5.91 Å². The molecule has 106 valence electrons. The number of carbonyl (C=O) groups is 1. The minimum absolute atomic E-state index is 0.212. The van der Waals surface area contributed by atoms with E-state index in [4.69, 9.17) is 5.11 Å². The second kappa shape index (κ2) is 6.34. The zero-order valence-electron chi connectivity index (χ0n) is 11.7. The molecule has 0 bridgehead atoms. The summed E-state index contributed by atoms with van der Waals surface area (Å²) in [6.07, 6.45) is 0.116. The van der Waals surface area contributed by atoms with E-state index in [0.29, 0.717) is 18.7 Å². The molecule has 0 saturated carbocycles. The predicted molar refractivity (Wildman–Crippen MR) is 77.4 cm³/mol. The van der Waals surface area contributed by atoms with Gasteiger partial charge in [-0.1, -0.05) is 29.8 Å². The number of aliphatic hydroxyl groups excluding tert-OH is 1. The Bertz CT molecular complexity index is 573. The average Bonchev–Trinajstić information content (AvgIpc) is 2.88. The zero-order valence-corrected chi connectivity index (χ0v) is 11.7. The Morgan fingerprint density at radius 2 is 2.10 bits per heavy atom. The van der Waals surface area contributed by atoms with Gasteiger partial charge in [-0.15, -0.1) is 0 Å². The summed E-state index contributed by atoms with van der Waals surface area (Å²) in [4.78, 5) is 11.9. The Labute approximate surface area is 118 Å². The quantitative estimate of drug-likeness (QED) is 0.778. The largest absolute Gasteiger partial charge is 0.393 e. The lowest BCUT2D eigenvalue weighted by Crippen LogP contribution is -2.26. The van der Waals surface area contributed by atoms with Crippen LogP contribution in [0.4, 0.5) is 0 Å². The normalized spacial score (nSPS) is 12.2. The number of aromatic amines is 1. The Hall–Kier alpha value is -2.14. The molecule has 2 rings (SSSR count). The highest BCUT2D eigenvalue weighted by atomic mass is 16.3. The van der Waals surface area contributed by atoms with Crippen LogP contribution in [0.25, 0.3) is 11.3 Å². The van der Waals surface area contributed by atoms with Crippen LogP contribution in [-0.2, 0) is 0 Å². The van der Waals surface area contributed by atoms with Crippen LogP contribution < -0.4 is 5.32 Å². The fourth-order valence-electron chi connectivity index (χ4n) is 1.80. The van der Waals surface area contributed by atoms with Crippen molar-refractivity contribution in [3.8, 4) is 11.3 Å². The maximum Gasteiger partial charge on any atom is 0.269 e. The molecule has 0 saturated heterocycles. The number of nitrogens with zero attached hydrogens (tertiary/aromatic N) is 1. The van der Waals surface area contributed by atoms with Crippen LogP contribution in [0.3, 0.4) is 0 Å². The minimum Gasteiger partial charge on any atom is -0.393 e. The van der Waals surface area contributed by atoms with Crippen molar-refractivity contribution >= 4 is 5.91 Å². The molecular formula is C15H19N3O2. The summed E-state index contributed by atoms with van der Waals surface area (Å²) in [5, 5.41) is 18.8. The van der Waals surface area contributed by atoms with Crippen LogP contribution in [-0.4, -0.2) is 33.9 Å². The lowest BCUT2D eigenvalue weighted by Gasteiger charge is -2.04. The van der Waals surface area contributed by atoms with Gasteiger partial charge in [-0.05, 0) is 26.3 Å². The highest BCUT2D eigenvalue weighted by molar-refractivity contribution is 5.93. The minimum atomic E-state index is -0.416. The average molecular weight is 273 g/mol. The molecule has 1 unspecified atom stereocenters. The Morgan fingerprint density at radius 1 is 1.40 bits per heavy atom. The summed E-state index contributed by atoms with van der Waals surface area (Å²) in [5.74, 6) is -0.212. The van der Waals surface area contributed by atoms with E-state index in [1.54, 1.807) is 13.0 Å². The molecule has 1 aromatic carbocycles. The summed E-state index contributed by atoms with van der Waals surface area (Å²) < 4.78 is 0. The number of hydrogen-bond donors (Lipinski definition) is 3. The van der Waals surface area contributed by atoms with Crippen LogP contribution in [0.2, 0.25) is 0 Å². The van der Waals surface area contributed by atoms with Gasteiger partial charge < -0.3 is 10.4 Å². The molecule has 0 radical (unpaired) electrons. The first-order valence-electron chi connectivity index (χ1n) is 6.65. The van der Waals surface area contributed by atoms with Gasteiger partial charge in [0.05, 0.1) is 11.8 Å². The van der Waals surface area contributed by atoms with Crippen molar-refractivity contribution in [1.29, 1.82) is 0 Å². The van der Waals surface area contributed by atoms with Crippen LogP contribution in [0.5, 0.6) is 0 Å². The van der Waals surface area contributed by atoms with Gasteiger partial charge in [-0.2, -0.15) is 5.10 Å². The van der Waals surface area contributed by atoms with Gasteiger partial charge in [-0.3, -0.25) is 9.89 Å². The molecule has 0 aliphatic carbocycles. The van der Waals surface area contributed by atoms with Crippen LogP contribution in [0, 0.1) is 6.92 Å². The summed E-state index contributed by atoms with van der Waals surface area (Å²) in [6, 6.07) is 9.68. The van der Waals surface area contributed by atoms with E-state index >= 15 is 0 Å². The summed E-state index contributed by atoms with van der Waals surface area (Å²) in [7, 11) is 0. The molecule has 0 aliphatic heterocycles. The molecule has 0 fully saturated rings. The number of nitrogens with one attached hydrogen (secondary N) is 2. The Morgan fingerprint density at radius 3 is 2.75 bits per heavy atom. The first kappa shape index (κ1) is 14.3. The number of H-pyrrole nitrogens is 1. The zero-order chi connectivity index (χ0) is 14.5. The van der Waals surface area contributed by atoms with Crippen molar-refractivity contribution in [1.82, 2.24) is 15.5 Å². The number of carbonyl (C=O) groups excluding carboxylic acids is 1. The molecule has 2 aromatic rings. The Kier molecular flexibility index (Phi) is 4.53. The third-order valence-electron chi connectivity index (χ3n) is 3.02. The number of hydrogen-bond acceptors (Lipinski definition) is 3. The van der Waals surface area contributed by atoms with Crippen LogP contribution >= 0.6 is 0 Å². The van der Waals surface area contributed by atoms with E-state index in [2.05, 4.69) is 15.5 Å². The summed E-state index contributed by atoms with van der Waals surface area (Å²) in [6.45, 7) is 4.16. The standard InChI is InChI=1S/C15H19N3O2/c1-10-3-5-12(6-4-10)13-9-14(18-17-13)15(20)16-8-7-11(2)19/h3-6,9,11,19H,7-8H2,1-2H3,(H,16,20)(H,17,18). The third kappa shape index (κ3) is 3.68. The Balaban J connectivity index is 2.01. The number of amides is 1. The number of rotatable bonds is 5. The number of benzene rings is 1. The van der Waals surface area contributed by atoms with E-state index < -0.39 is 6.10 Å². The van der Waals surface area contributed by atoms with Crippen molar-refractivity contribution in [3.05, 3.63) is 41.6 Å². The first-order chi connectivity index (χ1) is 9.56. The van der Waals surface area contributed by atoms with Gasteiger partial charge in [0.2, 0.25) is 0 Å². The van der Waals surface area contributed by atoms with E-state index in [0.717, 1.165) is 11.3 Å². The van der Waals surface area contributed by atoms with Gasteiger partial charge in [0.25, 0.3) is 5.91 Å². The van der Waals surface area contributed by atoms with Crippen molar-refractivity contribution in [2.24, 2.45) is 0 Å². The fraction of sp³-hybridized carbons (Fsp3) is 0.333. The van der Waals surface area contributed by atoms with Gasteiger partial charge in [-0.25, -0.2) is 0 Å². The van der Waals surface area contributed by atoms with E-state index in [9.17, 15) is 4.79 Å². The molecule has 1 aromatic heterocycles. The first-order valence-corrected chi connectivity index (χ1v) is 6.65. The molecule has 1 heterocycles. The molecule has 1 atom stereocenters. The van der Waals surface area contributed by atoms with Crippen molar-refractivity contribution in [3.63, 3.8) is 0 Å². The topological polar surface area (TPSA) is 78.0 Å². The predicted octanol–water partition coefficient (Wildman–Crippen LogP) is 1.89. The fourth-order valence-corrected chi connectivity index (χ4v) is 1.80. The number of aromatic nitrogens is 2. The number of aliphatic hydroxyl groups is 1. The van der Waals surface area contributed by atoms with Gasteiger partial charge in [0.1, 0.15) is 5.69 Å². The van der Waals surface area contributed by atoms with Gasteiger partial charge >= 0.3 is 0 Å². The highest BCUT2D eigenvalue weighted by Crippen LogP contribution is 2.18. The molecule has 5 nitrogen and oxygen atoms in total.